The maximum atomic E-state index is 13.2. The standard InChI is InChI=1S/C23H24O5S/c1-3-28-23(25)21-20(17-7-5-4-6-8-17)14-11-18(22(21)24)15-29(26,27)19-12-9-16(2)10-13-19/h4-13,20-21H,3,14-15H2,1-2H3/t20-,21-/m0/s1. The van der Waals surface area contributed by atoms with Crippen LogP contribution in [0.25, 0.3) is 0 Å². The summed E-state index contributed by atoms with van der Waals surface area (Å²) in [4.78, 5) is 25.9. The van der Waals surface area contributed by atoms with E-state index in [9.17, 15) is 18.0 Å². The van der Waals surface area contributed by atoms with Crippen molar-refractivity contribution in [3.05, 3.63) is 77.4 Å². The van der Waals surface area contributed by atoms with Gasteiger partial charge in [0, 0.05) is 11.5 Å². The number of sulfone groups is 1. The van der Waals surface area contributed by atoms with Crippen LogP contribution in [0, 0.1) is 12.8 Å². The first kappa shape index (κ1) is 21.0. The number of benzene rings is 2. The lowest BCUT2D eigenvalue weighted by molar-refractivity contribution is -0.152. The summed E-state index contributed by atoms with van der Waals surface area (Å²) < 4.78 is 30.7. The highest BCUT2D eigenvalue weighted by Gasteiger charge is 2.41. The van der Waals surface area contributed by atoms with Crippen LogP contribution in [-0.2, 0) is 24.2 Å². The number of esters is 1. The van der Waals surface area contributed by atoms with Crippen LogP contribution in [0.4, 0.5) is 0 Å². The summed E-state index contributed by atoms with van der Waals surface area (Å²) in [7, 11) is -3.69. The number of allylic oxidation sites excluding steroid dienone is 1. The molecule has 29 heavy (non-hydrogen) atoms. The van der Waals surface area contributed by atoms with E-state index in [0.29, 0.717) is 6.42 Å². The first-order valence-electron chi connectivity index (χ1n) is 9.57. The molecule has 0 fully saturated rings. The summed E-state index contributed by atoms with van der Waals surface area (Å²) >= 11 is 0. The van der Waals surface area contributed by atoms with E-state index >= 15 is 0 Å². The van der Waals surface area contributed by atoms with Gasteiger partial charge in [0.25, 0.3) is 0 Å². The van der Waals surface area contributed by atoms with Crippen LogP contribution in [-0.4, -0.2) is 32.5 Å². The molecule has 2 aromatic rings. The summed E-state index contributed by atoms with van der Waals surface area (Å²) in [6, 6.07) is 15.8. The highest BCUT2D eigenvalue weighted by molar-refractivity contribution is 7.91. The first-order valence-corrected chi connectivity index (χ1v) is 11.2. The predicted molar refractivity (Wildman–Crippen MR) is 110 cm³/mol. The van der Waals surface area contributed by atoms with Crippen LogP contribution >= 0.6 is 0 Å². The maximum absolute atomic E-state index is 13.2. The van der Waals surface area contributed by atoms with Gasteiger partial charge in [-0.15, -0.1) is 0 Å². The summed E-state index contributed by atoms with van der Waals surface area (Å²) in [5.41, 5.74) is 1.95. The van der Waals surface area contributed by atoms with Gasteiger partial charge in [-0.3, -0.25) is 9.59 Å². The minimum Gasteiger partial charge on any atom is -0.465 e. The van der Waals surface area contributed by atoms with Crippen LogP contribution in [0.3, 0.4) is 0 Å². The molecule has 2 aromatic carbocycles. The highest BCUT2D eigenvalue weighted by Crippen LogP contribution is 2.37. The molecule has 0 radical (unpaired) electrons. The lowest BCUT2D eigenvalue weighted by Crippen LogP contribution is -2.37. The van der Waals surface area contributed by atoms with Crippen molar-refractivity contribution in [1.29, 1.82) is 0 Å². The van der Waals surface area contributed by atoms with Gasteiger partial charge in [0.05, 0.1) is 17.3 Å². The molecule has 0 spiro atoms. The van der Waals surface area contributed by atoms with Crippen LogP contribution in [0.5, 0.6) is 0 Å². The van der Waals surface area contributed by atoms with Crippen LogP contribution < -0.4 is 0 Å². The molecule has 0 amide bonds. The minimum absolute atomic E-state index is 0.149. The van der Waals surface area contributed by atoms with Gasteiger partial charge >= 0.3 is 5.97 Å². The number of ether oxygens (including phenoxy) is 1. The summed E-state index contributed by atoms with van der Waals surface area (Å²) in [5.74, 6) is -2.91. The van der Waals surface area contributed by atoms with E-state index in [2.05, 4.69) is 0 Å². The fourth-order valence-corrected chi connectivity index (χ4v) is 4.97. The summed E-state index contributed by atoms with van der Waals surface area (Å²) in [5, 5.41) is 0. The Kier molecular flexibility index (Phi) is 6.33. The number of hydrogen-bond donors (Lipinski definition) is 0. The Bertz CT molecular complexity index is 1020. The number of ketones is 1. The largest absolute Gasteiger partial charge is 0.465 e. The second-order valence-electron chi connectivity index (χ2n) is 7.15. The Morgan fingerprint density at radius 1 is 1.07 bits per heavy atom. The Labute approximate surface area is 171 Å². The topological polar surface area (TPSA) is 77.5 Å². The Balaban J connectivity index is 1.92. The third kappa shape index (κ3) is 4.65. The summed E-state index contributed by atoms with van der Waals surface area (Å²) in [6.07, 6.45) is 2.06. The van der Waals surface area contributed by atoms with Gasteiger partial charge in [-0.05, 0) is 38.0 Å². The third-order valence-corrected chi connectivity index (χ3v) is 6.79. The zero-order chi connectivity index (χ0) is 21.0. The second kappa shape index (κ2) is 8.74. The average molecular weight is 413 g/mol. The van der Waals surface area contributed by atoms with Crippen molar-refractivity contribution in [3.8, 4) is 0 Å². The average Bonchev–Trinajstić information content (AvgIpc) is 2.70. The first-order chi connectivity index (χ1) is 13.8. The fourth-order valence-electron chi connectivity index (χ4n) is 3.58. The molecule has 0 bridgehead atoms. The van der Waals surface area contributed by atoms with Gasteiger partial charge in [-0.1, -0.05) is 54.1 Å². The molecular formula is C23H24O5S. The molecule has 6 heteroatoms. The molecule has 0 unspecified atom stereocenters. The van der Waals surface area contributed by atoms with Gasteiger partial charge in [0.2, 0.25) is 0 Å². The maximum Gasteiger partial charge on any atom is 0.317 e. The summed E-state index contributed by atoms with van der Waals surface area (Å²) in [6.45, 7) is 3.71. The monoisotopic (exact) mass is 412 g/mol. The lowest BCUT2D eigenvalue weighted by atomic mass is 9.75. The molecule has 0 heterocycles. The van der Waals surface area contributed by atoms with Gasteiger partial charge in [0.1, 0.15) is 5.92 Å². The van der Waals surface area contributed by atoms with Gasteiger partial charge in [-0.25, -0.2) is 8.42 Å². The van der Waals surface area contributed by atoms with Crippen molar-refractivity contribution >= 4 is 21.6 Å². The molecule has 0 saturated heterocycles. The molecule has 3 rings (SSSR count). The van der Waals surface area contributed by atoms with Crippen molar-refractivity contribution in [3.63, 3.8) is 0 Å². The van der Waals surface area contributed by atoms with Crippen molar-refractivity contribution in [2.24, 2.45) is 5.92 Å². The zero-order valence-electron chi connectivity index (χ0n) is 16.5. The molecule has 2 atom stereocenters. The van der Waals surface area contributed by atoms with E-state index < -0.39 is 33.3 Å². The smallest absolute Gasteiger partial charge is 0.317 e. The third-order valence-electron chi connectivity index (χ3n) is 5.11. The van der Waals surface area contributed by atoms with Crippen LogP contribution in [0.15, 0.2) is 71.1 Å². The Morgan fingerprint density at radius 2 is 1.72 bits per heavy atom. The number of rotatable bonds is 6. The van der Waals surface area contributed by atoms with E-state index in [0.717, 1.165) is 11.1 Å². The molecule has 1 aliphatic rings. The van der Waals surface area contributed by atoms with Crippen molar-refractivity contribution in [1.82, 2.24) is 0 Å². The van der Waals surface area contributed by atoms with Crippen molar-refractivity contribution in [2.45, 2.75) is 31.1 Å². The molecule has 152 valence electrons. The molecule has 0 N–H and O–H groups in total. The van der Waals surface area contributed by atoms with E-state index in [4.69, 9.17) is 4.74 Å². The van der Waals surface area contributed by atoms with Crippen LogP contribution in [0.2, 0.25) is 0 Å². The Hall–Kier alpha value is -2.73. The molecule has 0 aromatic heterocycles. The van der Waals surface area contributed by atoms with E-state index in [-0.39, 0.29) is 23.0 Å². The molecule has 1 aliphatic carbocycles. The van der Waals surface area contributed by atoms with E-state index in [1.807, 2.05) is 37.3 Å². The van der Waals surface area contributed by atoms with Gasteiger partial charge in [-0.2, -0.15) is 0 Å². The van der Waals surface area contributed by atoms with Crippen LogP contribution in [0.1, 0.15) is 30.4 Å². The number of aryl methyl sites for hydroxylation is 1. The van der Waals surface area contributed by atoms with Gasteiger partial charge < -0.3 is 4.74 Å². The quantitative estimate of drug-likeness (QED) is 0.535. The number of carbonyl (C=O) groups is 2. The number of hydrogen-bond acceptors (Lipinski definition) is 5. The predicted octanol–water partition coefficient (Wildman–Crippen LogP) is 3.63. The molecular weight excluding hydrogens is 388 g/mol. The normalized spacial score (nSPS) is 19.5. The van der Waals surface area contributed by atoms with Crippen molar-refractivity contribution in [2.75, 3.05) is 12.4 Å². The highest BCUT2D eigenvalue weighted by atomic mass is 32.2. The molecule has 0 saturated carbocycles. The molecule has 5 nitrogen and oxygen atoms in total. The molecule has 0 aliphatic heterocycles. The number of carbonyl (C=O) groups excluding carboxylic acids is 2. The van der Waals surface area contributed by atoms with Gasteiger partial charge in [0.15, 0.2) is 15.6 Å². The van der Waals surface area contributed by atoms with E-state index in [1.165, 1.54) is 12.1 Å². The SMILES string of the molecule is CCOC(=O)[C@@H]1C(=O)C(CS(=O)(=O)c2ccc(C)cc2)=CC[C@H]1c1ccccc1. The van der Waals surface area contributed by atoms with E-state index in [1.54, 1.807) is 25.1 Å². The minimum atomic E-state index is -3.69. The van der Waals surface area contributed by atoms with Crippen molar-refractivity contribution < 1.29 is 22.7 Å². The lowest BCUT2D eigenvalue weighted by Gasteiger charge is -2.29. The second-order valence-corrected chi connectivity index (χ2v) is 9.14. The Morgan fingerprint density at radius 3 is 2.34 bits per heavy atom. The fraction of sp³-hybridized carbons (Fsp3) is 0.304. The zero-order valence-corrected chi connectivity index (χ0v) is 17.3. The number of Topliss-reactive ketones (excluding diaryl/α,β-unsaturated/α-hetero) is 1.